The molecule has 0 heterocycles. The van der Waals surface area contributed by atoms with Crippen molar-refractivity contribution in [3.05, 3.63) is 222 Å². The standard InChI is InChI=1S/C58H45N/c1-57(2)52-24-14-12-21-48(52)50-37-45(31-33-53(50)57)59(55-25-15-22-46(38-16-7-5-8-17-38)56(55)39-18-9-6-10-19-39)44-30-28-41-34-40(26-27-42(41)35-44)43-29-32-49-47-20-11-13-23-51(47)58(3,4)54(49)36-43/h5-37H,1-4H3. The second-order valence-electron chi connectivity index (χ2n) is 17.3. The largest absolute Gasteiger partial charge is 0.310 e. The van der Waals surface area contributed by atoms with Crippen LogP contribution in [0.4, 0.5) is 17.1 Å². The molecule has 0 saturated heterocycles. The molecule has 282 valence electrons. The van der Waals surface area contributed by atoms with E-state index < -0.39 is 0 Å². The van der Waals surface area contributed by atoms with Gasteiger partial charge < -0.3 is 4.90 Å². The van der Waals surface area contributed by atoms with Gasteiger partial charge in [0.05, 0.1) is 5.69 Å². The lowest BCUT2D eigenvalue weighted by Gasteiger charge is -2.30. The fraction of sp³-hybridized carbons (Fsp3) is 0.103. The minimum absolute atomic E-state index is 0.0387. The average Bonchev–Trinajstić information content (AvgIpc) is 3.65. The predicted octanol–water partition coefficient (Wildman–Crippen LogP) is 15.9. The molecule has 59 heavy (non-hydrogen) atoms. The molecule has 2 aliphatic rings. The van der Waals surface area contributed by atoms with E-state index in [1.165, 1.54) is 88.7 Å². The minimum atomic E-state index is -0.0725. The van der Waals surface area contributed by atoms with Crippen LogP contribution in [-0.2, 0) is 10.8 Å². The van der Waals surface area contributed by atoms with Crippen LogP contribution < -0.4 is 4.90 Å². The van der Waals surface area contributed by atoms with Crippen LogP contribution in [-0.4, -0.2) is 0 Å². The van der Waals surface area contributed by atoms with Gasteiger partial charge in [0.25, 0.3) is 0 Å². The van der Waals surface area contributed by atoms with Gasteiger partial charge in [0, 0.05) is 27.8 Å². The molecular weight excluding hydrogens is 711 g/mol. The molecule has 11 rings (SSSR count). The van der Waals surface area contributed by atoms with Gasteiger partial charge in [-0.1, -0.05) is 185 Å². The summed E-state index contributed by atoms with van der Waals surface area (Å²) in [7, 11) is 0. The quantitative estimate of drug-likeness (QED) is 0.163. The molecule has 0 radical (unpaired) electrons. The number of anilines is 3. The van der Waals surface area contributed by atoms with Crippen molar-refractivity contribution in [3.8, 4) is 55.6 Å². The zero-order valence-corrected chi connectivity index (χ0v) is 34.0. The van der Waals surface area contributed by atoms with Crippen molar-refractivity contribution in [1.82, 2.24) is 0 Å². The van der Waals surface area contributed by atoms with E-state index >= 15 is 0 Å². The van der Waals surface area contributed by atoms with Crippen molar-refractivity contribution >= 4 is 27.8 Å². The molecular formula is C58H45N. The molecule has 0 unspecified atom stereocenters. The van der Waals surface area contributed by atoms with Crippen LogP contribution in [0.1, 0.15) is 49.9 Å². The second kappa shape index (κ2) is 13.3. The number of hydrogen-bond acceptors (Lipinski definition) is 1. The summed E-state index contributed by atoms with van der Waals surface area (Å²) in [6.45, 7) is 9.42. The molecule has 0 atom stereocenters. The van der Waals surface area contributed by atoms with Crippen LogP contribution in [0.15, 0.2) is 200 Å². The Kier molecular flexibility index (Phi) is 7.94. The topological polar surface area (TPSA) is 3.24 Å². The van der Waals surface area contributed by atoms with Gasteiger partial charge in [-0.25, -0.2) is 0 Å². The molecule has 0 bridgehead atoms. The van der Waals surface area contributed by atoms with Crippen molar-refractivity contribution < 1.29 is 0 Å². The monoisotopic (exact) mass is 755 g/mol. The molecule has 0 N–H and O–H groups in total. The Hall–Kier alpha value is -6.96. The third kappa shape index (κ3) is 5.53. The van der Waals surface area contributed by atoms with Gasteiger partial charge in [-0.15, -0.1) is 0 Å². The first-order valence-corrected chi connectivity index (χ1v) is 20.8. The first-order chi connectivity index (χ1) is 28.8. The lowest BCUT2D eigenvalue weighted by molar-refractivity contribution is 0.660. The molecule has 1 nitrogen and oxygen atoms in total. The summed E-state index contributed by atoms with van der Waals surface area (Å²) in [4.78, 5) is 2.48. The summed E-state index contributed by atoms with van der Waals surface area (Å²) < 4.78 is 0. The summed E-state index contributed by atoms with van der Waals surface area (Å²) in [5.41, 5.74) is 21.5. The SMILES string of the molecule is CC1(C)c2ccccc2-c2cc(N(c3ccc4cc(-c5ccc6c(c5)C(C)(C)c5ccccc5-6)ccc4c3)c3cccc(-c4ccccc4)c3-c3ccccc3)ccc21. The van der Waals surface area contributed by atoms with Gasteiger partial charge >= 0.3 is 0 Å². The van der Waals surface area contributed by atoms with Gasteiger partial charge in [-0.3, -0.25) is 0 Å². The number of hydrogen-bond donors (Lipinski definition) is 0. The number of rotatable bonds is 6. The molecule has 0 aromatic heterocycles. The Labute approximate surface area is 347 Å². The van der Waals surface area contributed by atoms with E-state index in [4.69, 9.17) is 0 Å². The molecule has 9 aromatic carbocycles. The Balaban J connectivity index is 1.08. The van der Waals surface area contributed by atoms with Crippen LogP contribution in [0, 0.1) is 0 Å². The first kappa shape index (κ1) is 35.2. The fourth-order valence-electron chi connectivity index (χ4n) is 10.2. The number of benzene rings is 9. The zero-order valence-electron chi connectivity index (χ0n) is 34.0. The Morgan fingerprint density at radius 2 is 0.814 bits per heavy atom. The molecule has 0 amide bonds. The van der Waals surface area contributed by atoms with Crippen LogP contribution in [0.5, 0.6) is 0 Å². The molecule has 9 aromatic rings. The van der Waals surface area contributed by atoms with E-state index in [0.29, 0.717) is 0 Å². The van der Waals surface area contributed by atoms with Gasteiger partial charge in [-0.05, 0) is 126 Å². The predicted molar refractivity (Wildman–Crippen MR) is 250 cm³/mol. The lowest BCUT2D eigenvalue weighted by atomic mass is 9.81. The highest BCUT2D eigenvalue weighted by Gasteiger charge is 2.37. The van der Waals surface area contributed by atoms with E-state index in [1.54, 1.807) is 0 Å². The zero-order chi connectivity index (χ0) is 39.9. The average molecular weight is 756 g/mol. The van der Waals surface area contributed by atoms with E-state index in [9.17, 15) is 0 Å². The van der Waals surface area contributed by atoms with Gasteiger partial charge in [0.15, 0.2) is 0 Å². The smallest absolute Gasteiger partial charge is 0.0546 e. The van der Waals surface area contributed by atoms with Gasteiger partial charge in [-0.2, -0.15) is 0 Å². The van der Waals surface area contributed by atoms with E-state index in [2.05, 4.69) is 233 Å². The van der Waals surface area contributed by atoms with E-state index in [0.717, 1.165) is 17.1 Å². The maximum absolute atomic E-state index is 2.48. The van der Waals surface area contributed by atoms with E-state index in [-0.39, 0.29) is 10.8 Å². The summed E-state index contributed by atoms with van der Waals surface area (Å²) in [6.07, 6.45) is 0. The normalized spacial score (nSPS) is 14.0. The molecule has 0 fully saturated rings. The maximum Gasteiger partial charge on any atom is 0.0546 e. The van der Waals surface area contributed by atoms with Crippen molar-refractivity contribution in [2.45, 2.75) is 38.5 Å². The fourth-order valence-corrected chi connectivity index (χ4v) is 10.2. The van der Waals surface area contributed by atoms with Crippen molar-refractivity contribution in [2.75, 3.05) is 4.90 Å². The highest BCUT2D eigenvalue weighted by Crippen LogP contribution is 2.53. The summed E-state index contributed by atoms with van der Waals surface area (Å²) in [5, 5.41) is 2.43. The van der Waals surface area contributed by atoms with Crippen molar-refractivity contribution in [3.63, 3.8) is 0 Å². The summed E-state index contributed by atoms with van der Waals surface area (Å²) in [6, 6.07) is 74.4. The van der Waals surface area contributed by atoms with Crippen LogP contribution >= 0.6 is 0 Å². The molecule has 1 heteroatoms. The number of nitrogens with zero attached hydrogens (tertiary/aromatic N) is 1. The van der Waals surface area contributed by atoms with Gasteiger partial charge in [0.1, 0.15) is 0 Å². The summed E-state index contributed by atoms with van der Waals surface area (Å²) >= 11 is 0. The van der Waals surface area contributed by atoms with E-state index in [1.807, 2.05) is 0 Å². The van der Waals surface area contributed by atoms with Crippen molar-refractivity contribution in [1.29, 1.82) is 0 Å². The molecule has 0 spiro atoms. The lowest BCUT2D eigenvalue weighted by Crippen LogP contribution is -2.15. The molecule has 2 aliphatic carbocycles. The van der Waals surface area contributed by atoms with Crippen LogP contribution in [0.25, 0.3) is 66.4 Å². The highest BCUT2D eigenvalue weighted by atomic mass is 15.1. The molecule has 0 aliphatic heterocycles. The minimum Gasteiger partial charge on any atom is -0.310 e. The van der Waals surface area contributed by atoms with Crippen molar-refractivity contribution in [2.24, 2.45) is 0 Å². The first-order valence-electron chi connectivity index (χ1n) is 20.8. The highest BCUT2D eigenvalue weighted by molar-refractivity contribution is 6.00. The Bertz CT molecular complexity index is 3100. The number of fused-ring (bicyclic) bond motifs is 7. The third-order valence-corrected chi connectivity index (χ3v) is 13.3. The Morgan fingerprint density at radius 1 is 0.305 bits per heavy atom. The van der Waals surface area contributed by atoms with Crippen LogP contribution in [0.3, 0.4) is 0 Å². The summed E-state index contributed by atoms with van der Waals surface area (Å²) in [5.74, 6) is 0. The Morgan fingerprint density at radius 3 is 1.56 bits per heavy atom. The maximum atomic E-state index is 2.48. The molecule has 0 saturated carbocycles. The third-order valence-electron chi connectivity index (χ3n) is 13.3. The van der Waals surface area contributed by atoms with Crippen LogP contribution in [0.2, 0.25) is 0 Å². The second-order valence-corrected chi connectivity index (χ2v) is 17.3. The van der Waals surface area contributed by atoms with Gasteiger partial charge in [0.2, 0.25) is 0 Å².